The summed E-state index contributed by atoms with van der Waals surface area (Å²) in [5, 5.41) is 3.62. The molecule has 0 spiro atoms. The number of rotatable bonds is 3. The number of fused-ring (bicyclic) bond motifs is 1. The summed E-state index contributed by atoms with van der Waals surface area (Å²) in [4.78, 5) is 3.52. The Morgan fingerprint density at radius 1 is 1.05 bits per heavy atom. The molecule has 2 aromatic rings. The van der Waals surface area contributed by atoms with Gasteiger partial charge in [-0.15, -0.1) is 11.8 Å². The fraction of sp³-hybridized carbons (Fsp3) is 0.250. The van der Waals surface area contributed by atoms with Crippen LogP contribution in [0.3, 0.4) is 0 Å². The zero-order chi connectivity index (χ0) is 13.2. The standard InChI is InChI=1S/C16H18N2S/c1-18(2)13-9-7-12(8-10-13)17-15-11-19-16-6-4-3-5-14(15)16/h3-10,15,17H,11H2,1-2H3. The summed E-state index contributed by atoms with van der Waals surface area (Å²) in [5.41, 5.74) is 3.84. The van der Waals surface area contributed by atoms with E-state index in [4.69, 9.17) is 0 Å². The van der Waals surface area contributed by atoms with Gasteiger partial charge in [-0.2, -0.15) is 0 Å². The number of thioether (sulfide) groups is 1. The molecule has 3 heteroatoms. The summed E-state index contributed by atoms with van der Waals surface area (Å²) >= 11 is 1.93. The maximum atomic E-state index is 3.62. The van der Waals surface area contributed by atoms with Crippen LogP contribution in [0, 0.1) is 0 Å². The summed E-state index contributed by atoms with van der Waals surface area (Å²) in [6.07, 6.45) is 0. The van der Waals surface area contributed by atoms with E-state index in [0.717, 1.165) is 5.75 Å². The summed E-state index contributed by atoms with van der Waals surface area (Å²) in [6, 6.07) is 17.7. The molecule has 0 radical (unpaired) electrons. The molecule has 0 saturated carbocycles. The van der Waals surface area contributed by atoms with Crippen molar-refractivity contribution in [2.24, 2.45) is 0 Å². The third-order valence-corrected chi connectivity index (χ3v) is 4.61. The van der Waals surface area contributed by atoms with Crippen LogP contribution in [0.15, 0.2) is 53.4 Å². The monoisotopic (exact) mass is 270 g/mol. The van der Waals surface area contributed by atoms with E-state index in [0.29, 0.717) is 6.04 Å². The molecule has 3 rings (SSSR count). The fourth-order valence-corrected chi connectivity index (χ4v) is 3.50. The van der Waals surface area contributed by atoms with Gasteiger partial charge in [0.15, 0.2) is 0 Å². The Morgan fingerprint density at radius 2 is 1.79 bits per heavy atom. The van der Waals surface area contributed by atoms with Gasteiger partial charge in [0.25, 0.3) is 0 Å². The van der Waals surface area contributed by atoms with Gasteiger partial charge in [-0.25, -0.2) is 0 Å². The first-order chi connectivity index (χ1) is 9.24. The Kier molecular flexibility index (Phi) is 3.38. The number of hydrogen-bond donors (Lipinski definition) is 1. The smallest absolute Gasteiger partial charge is 0.0618 e. The number of anilines is 2. The van der Waals surface area contributed by atoms with Gasteiger partial charge in [0.05, 0.1) is 6.04 Å². The first-order valence-electron chi connectivity index (χ1n) is 6.50. The molecule has 2 nitrogen and oxygen atoms in total. The third-order valence-electron chi connectivity index (χ3n) is 3.42. The molecule has 2 aromatic carbocycles. The van der Waals surface area contributed by atoms with Crippen LogP contribution in [0.25, 0.3) is 0 Å². The van der Waals surface area contributed by atoms with Crippen LogP contribution in [0.1, 0.15) is 11.6 Å². The van der Waals surface area contributed by atoms with Crippen LogP contribution in [-0.4, -0.2) is 19.8 Å². The van der Waals surface area contributed by atoms with Crippen LogP contribution < -0.4 is 10.2 Å². The molecule has 1 aliphatic heterocycles. The zero-order valence-corrected chi connectivity index (χ0v) is 12.1. The summed E-state index contributed by atoms with van der Waals surface area (Å²) in [6.45, 7) is 0. The molecule has 98 valence electrons. The number of benzene rings is 2. The lowest BCUT2D eigenvalue weighted by atomic mass is 10.1. The Bertz CT molecular complexity index is 563. The Balaban J connectivity index is 1.76. The summed E-state index contributed by atoms with van der Waals surface area (Å²) in [7, 11) is 4.12. The van der Waals surface area contributed by atoms with E-state index < -0.39 is 0 Å². The van der Waals surface area contributed by atoms with Gasteiger partial charge in [-0.1, -0.05) is 18.2 Å². The molecule has 1 unspecified atom stereocenters. The minimum Gasteiger partial charge on any atom is -0.378 e. The Morgan fingerprint density at radius 3 is 2.53 bits per heavy atom. The van der Waals surface area contributed by atoms with E-state index in [-0.39, 0.29) is 0 Å². The van der Waals surface area contributed by atoms with Gasteiger partial charge in [0.1, 0.15) is 0 Å². The molecule has 1 aliphatic rings. The third kappa shape index (κ3) is 2.56. The van der Waals surface area contributed by atoms with Crippen LogP contribution >= 0.6 is 11.8 Å². The molecule has 0 amide bonds. The predicted molar refractivity (Wildman–Crippen MR) is 84.3 cm³/mol. The van der Waals surface area contributed by atoms with Crippen molar-refractivity contribution >= 4 is 23.1 Å². The topological polar surface area (TPSA) is 15.3 Å². The second-order valence-electron chi connectivity index (χ2n) is 4.99. The van der Waals surface area contributed by atoms with Crippen molar-refractivity contribution < 1.29 is 0 Å². The van der Waals surface area contributed by atoms with Crippen molar-refractivity contribution in [3.8, 4) is 0 Å². The number of hydrogen-bond acceptors (Lipinski definition) is 3. The maximum Gasteiger partial charge on any atom is 0.0618 e. The second kappa shape index (κ2) is 5.17. The molecular weight excluding hydrogens is 252 g/mol. The van der Waals surface area contributed by atoms with Crippen molar-refractivity contribution in [1.29, 1.82) is 0 Å². The average Bonchev–Trinajstić information content (AvgIpc) is 2.83. The van der Waals surface area contributed by atoms with Gasteiger partial charge in [0, 0.05) is 36.1 Å². The molecule has 1 heterocycles. The molecule has 0 bridgehead atoms. The lowest BCUT2D eigenvalue weighted by molar-refractivity contribution is 0.900. The van der Waals surface area contributed by atoms with Crippen molar-refractivity contribution in [1.82, 2.24) is 0 Å². The highest BCUT2D eigenvalue weighted by molar-refractivity contribution is 7.99. The van der Waals surface area contributed by atoms with Crippen LogP contribution in [-0.2, 0) is 0 Å². The molecule has 0 aliphatic carbocycles. The molecule has 0 aromatic heterocycles. The van der Waals surface area contributed by atoms with E-state index in [1.54, 1.807) is 0 Å². The van der Waals surface area contributed by atoms with E-state index in [1.165, 1.54) is 21.8 Å². The maximum absolute atomic E-state index is 3.62. The highest BCUT2D eigenvalue weighted by Gasteiger charge is 2.22. The average molecular weight is 270 g/mol. The van der Waals surface area contributed by atoms with E-state index >= 15 is 0 Å². The highest BCUT2D eigenvalue weighted by atomic mass is 32.2. The van der Waals surface area contributed by atoms with Crippen molar-refractivity contribution in [2.75, 3.05) is 30.1 Å². The fourth-order valence-electron chi connectivity index (χ4n) is 2.34. The van der Waals surface area contributed by atoms with Crippen molar-refractivity contribution in [2.45, 2.75) is 10.9 Å². The van der Waals surface area contributed by atoms with Crippen molar-refractivity contribution in [3.05, 3.63) is 54.1 Å². The minimum atomic E-state index is 0.423. The number of nitrogens with one attached hydrogen (secondary N) is 1. The minimum absolute atomic E-state index is 0.423. The van der Waals surface area contributed by atoms with Gasteiger partial charge in [-0.3, -0.25) is 0 Å². The quantitative estimate of drug-likeness (QED) is 0.907. The van der Waals surface area contributed by atoms with E-state index in [2.05, 4.69) is 72.8 Å². The highest BCUT2D eigenvalue weighted by Crippen LogP contribution is 2.39. The lowest BCUT2D eigenvalue weighted by Crippen LogP contribution is -2.11. The Hall–Kier alpha value is -1.61. The molecule has 19 heavy (non-hydrogen) atoms. The van der Waals surface area contributed by atoms with Gasteiger partial charge in [-0.05, 0) is 35.9 Å². The summed E-state index contributed by atoms with van der Waals surface area (Å²) < 4.78 is 0. The number of nitrogens with zero attached hydrogens (tertiary/aromatic N) is 1. The summed E-state index contributed by atoms with van der Waals surface area (Å²) in [5.74, 6) is 1.11. The first kappa shape index (κ1) is 12.4. The van der Waals surface area contributed by atoms with Gasteiger partial charge < -0.3 is 10.2 Å². The lowest BCUT2D eigenvalue weighted by Gasteiger charge is -2.17. The zero-order valence-electron chi connectivity index (χ0n) is 11.3. The van der Waals surface area contributed by atoms with E-state index in [9.17, 15) is 0 Å². The SMILES string of the molecule is CN(C)c1ccc(NC2CSc3ccccc32)cc1. The largest absolute Gasteiger partial charge is 0.378 e. The van der Waals surface area contributed by atoms with Crippen molar-refractivity contribution in [3.63, 3.8) is 0 Å². The Labute approximate surface area is 118 Å². The first-order valence-corrected chi connectivity index (χ1v) is 7.48. The molecule has 0 fully saturated rings. The van der Waals surface area contributed by atoms with E-state index in [1.807, 2.05) is 11.8 Å². The van der Waals surface area contributed by atoms with Crippen LogP contribution in [0.4, 0.5) is 11.4 Å². The molecular formula is C16H18N2S. The second-order valence-corrected chi connectivity index (χ2v) is 6.05. The molecule has 1 atom stereocenters. The van der Waals surface area contributed by atoms with Gasteiger partial charge in [0.2, 0.25) is 0 Å². The molecule has 0 saturated heterocycles. The normalized spacial score (nSPS) is 17.1. The molecule has 1 N–H and O–H groups in total. The van der Waals surface area contributed by atoms with Gasteiger partial charge >= 0.3 is 0 Å². The predicted octanol–water partition coefficient (Wildman–Crippen LogP) is 4.01. The van der Waals surface area contributed by atoms with Crippen LogP contribution in [0.2, 0.25) is 0 Å². The van der Waals surface area contributed by atoms with Crippen LogP contribution in [0.5, 0.6) is 0 Å².